The number of nitrogens with two attached hydrogens (primary N) is 1. The van der Waals surface area contributed by atoms with Crippen molar-refractivity contribution in [2.75, 3.05) is 0 Å². The Morgan fingerprint density at radius 2 is 1.71 bits per heavy atom. The highest BCUT2D eigenvalue weighted by Crippen LogP contribution is 2.30. The summed E-state index contributed by atoms with van der Waals surface area (Å²) in [6.45, 7) is 8.48. The zero-order chi connectivity index (χ0) is 13.7. The van der Waals surface area contributed by atoms with E-state index < -0.39 is 12.6 Å². The number of alkyl halides is 3. The van der Waals surface area contributed by atoms with Gasteiger partial charge in [0.2, 0.25) is 0 Å². The van der Waals surface area contributed by atoms with Crippen molar-refractivity contribution in [3.8, 4) is 0 Å². The van der Waals surface area contributed by atoms with Gasteiger partial charge < -0.3 is 0 Å². The molecule has 2 atom stereocenters. The minimum absolute atomic E-state index is 0.0356. The molecular formula is C12H25F3N2. The lowest BCUT2D eigenvalue weighted by atomic mass is 9.78. The maximum Gasteiger partial charge on any atom is 0.389 e. The second-order valence-corrected chi connectivity index (χ2v) is 5.87. The molecule has 0 heterocycles. The van der Waals surface area contributed by atoms with Crippen molar-refractivity contribution in [2.24, 2.45) is 17.2 Å². The zero-order valence-corrected chi connectivity index (χ0v) is 11.2. The Hall–Kier alpha value is -0.290. The summed E-state index contributed by atoms with van der Waals surface area (Å²) in [6, 6.07) is -0.0356. The highest BCUT2D eigenvalue weighted by molar-refractivity contribution is 4.76. The molecule has 17 heavy (non-hydrogen) atoms. The first-order valence-corrected chi connectivity index (χ1v) is 6.09. The molecule has 5 heteroatoms. The van der Waals surface area contributed by atoms with Crippen LogP contribution in [0.5, 0.6) is 0 Å². The molecule has 0 amide bonds. The number of nitrogens with one attached hydrogen (secondary N) is 1. The molecule has 2 nitrogen and oxygen atoms in total. The van der Waals surface area contributed by atoms with Crippen LogP contribution in [-0.4, -0.2) is 12.2 Å². The summed E-state index contributed by atoms with van der Waals surface area (Å²) in [4.78, 5) is 0. The number of hydrogen-bond donors (Lipinski definition) is 2. The molecule has 0 aromatic rings. The van der Waals surface area contributed by atoms with Gasteiger partial charge in [-0.3, -0.25) is 11.3 Å². The van der Waals surface area contributed by atoms with Gasteiger partial charge in [-0.2, -0.15) is 13.2 Å². The average molecular weight is 254 g/mol. The second kappa shape index (κ2) is 6.59. The average Bonchev–Trinajstić information content (AvgIpc) is 2.12. The van der Waals surface area contributed by atoms with Crippen LogP contribution in [0.15, 0.2) is 0 Å². The highest BCUT2D eigenvalue weighted by Gasteiger charge is 2.28. The molecule has 0 aliphatic heterocycles. The molecule has 0 saturated carbocycles. The predicted octanol–water partition coefficient (Wildman–Crippen LogP) is 3.62. The first-order chi connectivity index (χ1) is 7.56. The van der Waals surface area contributed by atoms with Crippen LogP contribution in [-0.2, 0) is 0 Å². The van der Waals surface area contributed by atoms with Gasteiger partial charge in [-0.15, -0.1) is 0 Å². The van der Waals surface area contributed by atoms with Gasteiger partial charge in [0.15, 0.2) is 0 Å². The largest absolute Gasteiger partial charge is 0.389 e. The van der Waals surface area contributed by atoms with Crippen molar-refractivity contribution in [2.45, 2.75) is 65.6 Å². The molecule has 0 aliphatic carbocycles. The van der Waals surface area contributed by atoms with Gasteiger partial charge in [0.1, 0.15) is 0 Å². The van der Waals surface area contributed by atoms with Crippen LogP contribution in [0.1, 0.15) is 53.4 Å². The van der Waals surface area contributed by atoms with E-state index in [-0.39, 0.29) is 17.9 Å². The van der Waals surface area contributed by atoms with E-state index in [9.17, 15) is 13.2 Å². The Morgan fingerprint density at radius 3 is 2.06 bits per heavy atom. The molecule has 0 saturated heterocycles. The van der Waals surface area contributed by atoms with Crippen molar-refractivity contribution < 1.29 is 13.2 Å². The molecule has 0 spiro atoms. The minimum atomic E-state index is -4.06. The molecule has 0 aliphatic rings. The summed E-state index contributed by atoms with van der Waals surface area (Å²) in [6.07, 6.45) is -3.38. The van der Waals surface area contributed by atoms with Crippen LogP contribution >= 0.6 is 0 Å². The van der Waals surface area contributed by atoms with Crippen molar-refractivity contribution in [3.63, 3.8) is 0 Å². The maximum atomic E-state index is 12.0. The Balaban J connectivity index is 4.01. The summed E-state index contributed by atoms with van der Waals surface area (Å²) < 4.78 is 36.0. The first kappa shape index (κ1) is 16.7. The zero-order valence-electron chi connectivity index (χ0n) is 11.2. The van der Waals surface area contributed by atoms with E-state index in [1.807, 2.05) is 0 Å². The smallest absolute Gasteiger partial charge is 0.271 e. The quantitative estimate of drug-likeness (QED) is 0.561. The summed E-state index contributed by atoms with van der Waals surface area (Å²) in [5.41, 5.74) is 2.78. The Labute approximate surface area is 102 Å². The standard InChI is InChI=1S/C12H25F3N2/c1-9(11(2,3)4)8-10(17-16)6-5-7-12(13,14)15/h9-10,17H,5-8,16H2,1-4H3. The topological polar surface area (TPSA) is 38.0 Å². The van der Waals surface area contributed by atoms with E-state index in [0.717, 1.165) is 6.42 Å². The van der Waals surface area contributed by atoms with Gasteiger partial charge in [0.05, 0.1) is 0 Å². The molecule has 3 N–H and O–H groups in total. The fourth-order valence-electron chi connectivity index (χ4n) is 1.60. The fourth-order valence-corrected chi connectivity index (χ4v) is 1.60. The molecular weight excluding hydrogens is 229 g/mol. The SMILES string of the molecule is CC(CC(CCCC(F)(F)F)NN)C(C)(C)C. The van der Waals surface area contributed by atoms with Gasteiger partial charge in [-0.1, -0.05) is 27.7 Å². The van der Waals surface area contributed by atoms with Crippen LogP contribution in [0.25, 0.3) is 0 Å². The normalized spacial score (nSPS) is 16.9. The van der Waals surface area contributed by atoms with Crippen LogP contribution in [0.2, 0.25) is 0 Å². The molecule has 0 aromatic carbocycles. The van der Waals surface area contributed by atoms with Crippen LogP contribution < -0.4 is 11.3 Å². The Bertz CT molecular complexity index is 209. The van der Waals surface area contributed by atoms with Crippen molar-refractivity contribution in [3.05, 3.63) is 0 Å². The molecule has 0 bridgehead atoms. The lowest BCUT2D eigenvalue weighted by molar-refractivity contribution is -0.135. The number of halogens is 3. The number of hydrogen-bond acceptors (Lipinski definition) is 2. The Kier molecular flexibility index (Phi) is 6.48. The lowest BCUT2D eigenvalue weighted by Crippen LogP contribution is -2.38. The minimum Gasteiger partial charge on any atom is -0.271 e. The van der Waals surface area contributed by atoms with Crippen molar-refractivity contribution >= 4 is 0 Å². The summed E-state index contributed by atoms with van der Waals surface area (Å²) in [5, 5.41) is 0. The van der Waals surface area contributed by atoms with E-state index >= 15 is 0 Å². The maximum absolute atomic E-state index is 12.0. The number of rotatable bonds is 6. The van der Waals surface area contributed by atoms with Gasteiger partial charge >= 0.3 is 6.18 Å². The lowest BCUT2D eigenvalue weighted by Gasteiger charge is -2.30. The monoisotopic (exact) mass is 254 g/mol. The predicted molar refractivity (Wildman–Crippen MR) is 64.3 cm³/mol. The van der Waals surface area contributed by atoms with Gasteiger partial charge in [0, 0.05) is 12.5 Å². The van der Waals surface area contributed by atoms with Crippen LogP contribution in [0, 0.1) is 11.3 Å². The fraction of sp³-hybridized carbons (Fsp3) is 1.00. The van der Waals surface area contributed by atoms with E-state index in [1.165, 1.54) is 0 Å². The molecule has 104 valence electrons. The third-order valence-corrected chi connectivity index (χ3v) is 3.37. The molecule has 0 radical (unpaired) electrons. The van der Waals surface area contributed by atoms with Crippen LogP contribution in [0.3, 0.4) is 0 Å². The van der Waals surface area contributed by atoms with E-state index in [0.29, 0.717) is 12.3 Å². The molecule has 0 rings (SSSR count). The molecule has 0 aromatic heterocycles. The van der Waals surface area contributed by atoms with Gasteiger partial charge in [0.25, 0.3) is 0 Å². The third-order valence-electron chi connectivity index (χ3n) is 3.37. The van der Waals surface area contributed by atoms with E-state index in [4.69, 9.17) is 5.84 Å². The van der Waals surface area contributed by atoms with Gasteiger partial charge in [-0.25, -0.2) is 0 Å². The summed E-state index contributed by atoms with van der Waals surface area (Å²) >= 11 is 0. The van der Waals surface area contributed by atoms with E-state index in [2.05, 4.69) is 33.1 Å². The summed E-state index contributed by atoms with van der Waals surface area (Å²) in [7, 11) is 0. The first-order valence-electron chi connectivity index (χ1n) is 6.09. The van der Waals surface area contributed by atoms with Crippen molar-refractivity contribution in [1.29, 1.82) is 0 Å². The van der Waals surface area contributed by atoms with Crippen molar-refractivity contribution in [1.82, 2.24) is 5.43 Å². The third kappa shape index (κ3) is 8.44. The van der Waals surface area contributed by atoms with Crippen LogP contribution in [0.4, 0.5) is 13.2 Å². The molecule has 0 fully saturated rings. The highest BCUT2D eigenvalue weighted by atomic mass is 19.4. The van der Waals surface area contributed by atoms with Gasteiger partial charge in [-0.05, 0) is 30.6 Å². The number of hydrazine groups is 1. The van der Waals surface area contributed by atoms with E-state index in [1.54, 1.807) is 0 Å². The summed E-state index contributed by atoms with van der Waals surface area (Å²) in [5.74, 6) is 5.79. The Morgan fingerprint density at radius 1 is 1.18 bits per heavy atom. The molecule has 2 unspecified atom stereocenters. The second-order valence-electron chi connectivity index (χ2n) is 5.87.